The second-order valence-corrected chi connectivity index (χ2v) is 15.4. The Morgan fingerprint density at radius 1 is 0.510 bits per heavy atom. The summed E-state index contributed by atoms with van der Waals surface area (Å²) >= 11 is 0. The second-order valence-electron chi connectivity index (χ2n) is 12.6. The number of hydrogen-bond donors (Lipinski definition) is 0. The summed E-state index contributed by atoms with van der Waals surface area (Å²) < 4.78 is 17.3. The van der Waals surface area contributed by atoms with Crippen molar-refractivity contribution in [3.8, 4) is 11.1 Å². The van der Waals surface area contributed by atoms with Crippen LogP contribution in [0.25, 0.3) is 71.0 Å². The Morgan fingerprint density at radius 3 is 2.02 bits per heavy atom. The number of rotatable bonds is 4. The lowest BCUT2D eigenvalue weighted by Crippen LogP contribution is -2.24. The van der Waals surface area contributed by atoms with Gasteiger partial charge in [0, 0.05) is 32.1 Å². The zero-order valence-corrected chi connectivity index (χ0v) is 27.2. The molecule has 8 aromatic carbocycles. The summed E-state index contributed by atoms with van der Waals surface area (Å²) in [6, 6.07) is 62.5. The van der Waals surface area contributed by atoms with E-state index in [2.05, 4.69) is 101 Å². The summed E-state index contributed by atoms with van der Waals surface area (Å²) in [7, 11) is -3.06. The highest BCUT2D eigenvalue weighted by Crippen LogP contribution is 2.43. The van der Waals surface area contributed by atoms with E-state index in [1.165, 1.54) is 0 Å². The highest BCUT2D eigenvalue weighted by Gasteiger charge is 2.29. The maximum atomic E-state index is 15.0. The molecule has 0 N–H and O–H groups in total. The van der Waals surface area contributed by atoms with Crippen molar-refractivity contribution in [2.45, 2.75) is 0 Å². The third kappa shape index (κ3) is 4.25. The van der Waals surface area contributed by atoms with E-state index < -0.39 is 7.14 Å². The summed E-state index contributed by atoms with van der Waals surface area (Å²) in [5.74, 6) is 0. The van der Waals surface area contributed by atoms with Gasteiger partial charge in [-0.2, -0.15) is 0 Å². The smallest absolute Gasteiger partial charge is 0.171 e. The van der Waals surface area contributed by atoms with Crippen LogP contribution in [0.4, 0.5) is 0 Å². The number of imidazole rings is 1. The lowest BCUT2D eigenvalue weighted by Gasteiger charge is -2.20. The highest BCUT2D eigenvalue weighted by atomic mass is 31.2. The van der Waals surface area contributed by atoms with Gasteiger partial charge in [-0.1, -0.05) is 121 Å². The van der Waals surface area contributed by atoms with E-state index in [9.17, 15) is 0 Å². The Bertz CT molecular complexity index is 2920. The molecule has 2 heterocycles. The van der Waals surface area contributed by atoms with Gasteiger partial charge in [0.05, 0.1) is 16.6 Å². The van der Waals surface area contributed by atoms with Gasteiger partial charge in [-0.15, -0.1) is 0 Å². The highest BCUT2D eigenvalue weighted by molar-refractivity contribution is 7.85. The molecule has 0 fully saturated rings. The Kier molecular flexibility index (Phi) is 6.06. The molecule has 0 bridgehead atoms. The predicted molar refractivity (Wildman–Crippen MR) is 205 cm³/mol. The van der Waals surface area contributed by atoms with Crippen LogP contribution in [-0.4, -0.2) is 9.38 Å². The molecule has 0 saturated heterocycles. The summed E-state index contributed by atoms with van der Waals surface area (Å²) in [4.78, 5) is 5.14. The Labute approximate surface area is 283 Å². The first-order valence-corrected chi connectivity index (χ1v) is 18.1. The normalized spacial score (nSPS) is 12.0. The van der Waals surface area contributed by atoms with Gasteiger partial charge < -0.3 is 4.57 Å². The number of pyridine rings is 1. The van der Waals surface area contributed by atoms with Crippen LogP contribution in [0.1, 0.15) is 0 Å². The minimum atomic E-state index is -3.06. The molecule has 0 amide bonds. The third-order valence-corrected chi connectivity index (χ3v) is 12.9. The zero-order valence-electron chi connectivity index (χ0n) is 26.3. The largest absolute Gasteiger partial charge is 0.309 e. The van der Waals surface area contributed by atoms with Crippen LogP contribution in [-0.2, 0) is 4.57 Å². The summed E-state index contributed by atoms with van der Waals surface area (Å²) in [6.45, 7) is 0. The Morgan fingerprint density at radius 2 is 1.20 bits per heavy atom. The molecule has 228 valence electrons. The molecule has 0 saturated carbocycles. The monoisotopic (exact) mass is 642 g/mol. The number of aromatic nitrogens is 2. The van der Waals surface area contributed by atoms with E-state index in [-0.39, 0.29) is 0 Å². The van der Waals surface area contributed by atoms with Crippen LogP contribution in [0.3, 0.4) is 0 Å². The summed E-state index contributed by atoms with van der Waals surface area (Å²) in [6.07, 6.45) is 0. The van der Waals surface area contributed by atoms with E-state index in [1.807, 2.05) is 78.9 Å². The average Bonchev–Trinajstić information content (AvgIpc) is 3.57. The lowest BCUT2D eigenvalue weighted by atomic mass is 9.97. The van der Waals surface area contributed by atoms with Crippen molar-refractivity contribution >= 4 is 83.0 Å². The minimum Gasteiger partial charge on any atom is -0.309 e. The van der Waals surface area contributed by atoms with Crippen molar-refractivity contribution in [1.82, 2.24) is 9.38 Å². The first kappa shape index (κ1) is 27.9. The van der Waals surface area contributed by atoms with Crippen LogP contribution in [0, 0.1) is 12.1 Å². The van der Waals surface area contributed by atoms with Gasteiger partial charge in [0.1, 0.15) is 5.65 Å². The fourth-order valence-electron chi connectivity index (χ4n) is 7.43. The first-order valence-electron chi connectivity index (χ1n) is 16.4. The molecule has 0 aliphatic carbocycles. The van der Waals surface area contributed by atoms with Gasteiger partial charge >= 0.3 is 0 Å². The Hall–Kier alpha value is -6.20. The van der Waals surface area contributed by atoms with Gasteiger partial charge in [0.2, 0.25) is 0 Å². The van der Waals surface area contributed by atoms with Crippen molar-refractivity contribution in [3.05, 3.63) is 176 Å². The minimum absolute atomic E-state index is 0.833. The van der Waals surface area contributed by atoms with E-state index in [0.29, 0.717) is 0 Å². The van der Waals surface area contributed by atoms with Gasteiger partial charge in [0.25, 0.3) is 0 Å². The van der Waals surface area contributed by atoms with Crippen molar-refractivity contribution in [2.75, 3.05) is 0 Å². The quantitative estimate of drug-likeness (QED) is 0.141. The lowest BCUT2D eigenvalue weighted by molar-refractivity contribution is 0.592. The number of nitrogens with zero attached hydrogens (tertiary/aromatic N) is 2. The zero-order chi connectivity index (χ0) is 32.5. The van der Waals surface area contributed by atoms with Crippen LogP contribution < -0.4 is 15.9 Å². The first-order chi connectivity index (χ1) is 24.1. The molecule has 0 radical (unpaired) electrons. The molecule has 49 heavy (non-hydrogen) atoms. The topological polar surface area (TPSA) is 34.4 Å². The van der Waals surface area contributed by atoms with Crippen molar-refractivity contribution < 1.29 is 4.57 Å². The van der Waals surface area contributed by atoms with Gasteiger partial charge in [0.15, 0.2) is 7.14 Å². The van der Waals surface area contributed by atoms with Crippen LogP contribution >= 0.6 is 7.14 Å². The fraction of sp³-hybridized carbons (Fsp3) is 0. The standard InChI is InChI=1S/C45H27N2OP/c48-49(36-13-3-1-4-14-36,37-15-5-2-6-16-37)38-23-21-33-25-32(19-20-34(33)26-38)35-22-24-39-40-27-30-11-7-8-12-31(30)28-41(40)45-46-42-17-9-10-18-43(42)47(45)44(39)29-35/h1-6,8-10,12-29H. The van der Waals surface area contributed by atoms with Crippen molar-refractivity contribution in [2.24, 2.45) is 0 Å². The van der Waals surface area contributed by atoms with Crippen molar-refractivity contribution in [1.29, 1.82) is 0 Å². The number of fused-ring (bicyclic) bond motifs is 10. The molecule has 0 aliphatic heterocycles. The van der Waals surface area contributed by atoms with Crippen LogP contribution in [0.15, 0.2) is 164 Å². The molecule has 3 nitrogen and oxygen atoms in total. The molecule has 0 spiro atoms. The number of benzene rings is 7. The predicted octanol–water partition coefficient (Wildman–Crippen LogP) is 10.0. The Balaban J connectivity index is 1.16. The summed E-state index contributed by atoms with van der Waals surface area (Å²) in [5.41, 5.74) is 6.35. The van der Waals surface area contributed by atoms with Gasteiger partial charge in [-0.25, -0.2) is 4.98 Å². The maximum Gasteiger partial charge on any atom is 0.171 e. The van der Waals surface area contributed by atoms with Crippen LogP contribution in [0.5, 0.6) is 0 Å². The fourth-order valence-corrected chi connectivity index (χ4v) is 10.1. The molecule has 10 rings (SSSR count). The van der Waals surface area contributed by atoms with E-state index in [0.717, 1.165) is 86.9 Å². The molecule has 4 heteroatoms. The van der Waals surface area contributed by atoms with Gasteiger partial charge in [-0.3, -0.25) is 4.40 Å². The van der Waals surface area contributed by atoms with E-state index in [1.54, 1.807) is 0 Å². The molecule has 0 atom stereocenters. The van der Waals surface area contributed by atoms with E-state index in [4.69, 9.17) is 4.98 Å². The molecular weight excluding hydrogens is 615 g/mol. The van der Waals surface area contributed by atoms with Gasteiger partial charge in [-0.05, 0) is 87.3 Å². The SMILES string of the molecule is O=P(c1ccccc1)(c1ccccc1)c1ccc2cc(-c3ccc4c5cc6c#cccc6cc5c5nc6ccccc6n5c4c3)ccc2c1. The maximum absolute atomic E-state index is 15.0. The average molecular weight is 643 g/mol. The van der Waals surface area contributed by atoms with Crippen molar-refractivity contribution in [3.63, 3.8) is 0 Å². The second kappa shape index (κ2) is 10.7. The number of para-hydroxylation sites is 2. The molecule has 10 aromatic rings. The third-order valence-electron chi connectivity index (χ3n) is 9.83. The number of hydrogen-bond acceptors (Lipinski definition) is 2. The molecule has 0 unspecified atom stereocenters. The molecule has 0 aliphatic rings. The molecule has 2 aromatic heterocycles. The van der Waals surface area contributed by atoms with E-state index >= 15 is 4.57 Å². The van der Waals surface area contributed by atoms with Crippen LogP contribution in [0.2, 0.25) is 0 Å². The molecular formula is C45H27N2OP. The summed E-state index contributed by atoms with van der Waals surface area (Å²) in [5, 5.41) is 10.3.